The summed E-state index contributed by atoms with van der Waals surface area (Å²) in [5.41, 5.74) is 1.07. The van der Waals surface area contributed by atoms with Crippen molar-refractivity contribution in [2.75, 3.05) is 45.9 Å². The summed E-state index contributed by atoms with van der Waals surface area (Å²) in [7, 11) is 0. The van der Waals surface area contributed by atoms with Crippen LogP contribution in [0.15, 0.2) is 24.3 Å². The number of hydrogen-bond acceptors (Lipinski definition) is 4. The third kappa shape index (κ3) is 4.05. The quantitative estimate of drug-likeness (QED) is 0.900. The van der Waals surface area contributed by atoms with Gasteiger partial charge >= 0.3 is 0 Å². The molecule has 3 aliphatic rings. The highest BCUT2D eigenvalue weighted by atomic mass is 19.1. The summed E-state index contributed by atoms with van der Waals surface area (Å²) >= 11 is 0. The molecule has 0 amide bonds. The van der Waals surface area contributed by atoms with Crippen LogP contribution in [0.5, 0.6) is 0 Å². The van der Waals surface area contributed by atoms with Gasteiger partial charge in [0.15, 0.2) is 0 Å². The molecule has 5 heteroatoms. The van der Waals surface area contributed by atoms with Crippen molar-refractivity contribution in [1.29, 1.82) is 0 Å². The van der Waals surface area contributed by atoms with Gasteiger partial charge in [0.1, 0.15) is 5.82 Å². The van der Waals surface area contributed by atoms with Crippen LogP contribution in [0.3, 0.4) is 0 Å². The summed E-state index contributed by atoms with van der Waals surface area (Å²) in [6, 6.07) is 7.23. The van der Waals surface area contributed by atoms with Crippen LogP contribution in [0.25, 0.3) is 0 Å². The van der Waals surface area contributed by atoms with Crippen molar-refractivity contribution in [2.45, 2.75) is 31.4 Å². The van der Waals surface area contributed by atoms with Gasteiger partial charge in [0.25, 0.3) is 0 Å². The van der Waals surface area contributed by atoms with E-state index in [0.717, 1.165) is 70.8 Å². The number of fused-ring (bicyclic) bond motifs is 1. The van der Waals surface area contributed by atoms with Crippen LogP contribution in [0.4, 0.5) is 4.39 Å². The molecule has 4 rings (SSSR count). The Bertz CT molecular complexity index is 579. The summed E-state index contributed by atoms with van der Waals surface area (Å²) in [6.07, 6.45) is 2.71. The molecular formula is C20H29FN2O2. The first-order valence-electron chi connectivity index (χ1n) is 9.65. The van der Waals surface area contributed by atoms with Gasteiger partial charge in [-0.1, -0.05) is 12.1 Å². The van der Waals surface area contributed by atoms with Crippen LogP contribution in [0.1, 0.15) is 18.4 Å². The lowest BCUT2D eigenvalue weighted by Crippen LogP contribution is -2.53. The molecule has 1 aromatic carbocycles. The van der Waals surface area contributed by atoms with Crippen molar-refractivity contribution in [3.63, 3.8) is 0 Å². The maximum atomic E-state index is 13.3. The molecule has 25 heavy (non-hydrogen) atoms. The van der Waals surface area contributed by atoms with E-state index in [1.807, 2.05) is 6.07 Å². The Balaban J connectivity index is 1.31. The Morgan fingerprint density at radius 1 is 1.12 bits per heavy atom. The molecule has 2 saturated heterocycles. The summed E-state index contributed by atoms with van der Waals surface area (Å²) in [5, 5.41) is 10.7. The lowest BCUT2D eigenvalue weighted by molar-refractivity contribution is -0.0520. The summed E-state index contributed by atoms with van der Waals surface area (Å²) in [5.74, 6) is 1.15. The minimum atomic E-state index is -0.206. The Morgan fingerprint density at radius 3 is 2.64 bits per heavy atom. The molecule has 1 N–H and O–H groups in total. The molecule has 2 aliphatic heterocycles. The monoisotopic (exact) mass is 348 g/mol. The summed E-state index contributed by atoms with van der Waals surface area (Å²) < 4.78 is 18.8. The van der Waals surface area contributed by atoms with Crippen LogP contribution in [-0.2, 0) is 11.2 Å². The van der Waals surface area contributed by atoms with Gasteiger partial charge in [-0.3, -0.25) is 4.90 Å². The van der Waals surface area contributed by atoms with Crippen LogP contribution in [0, 0.1) is 17.7 Å². The first kappa shape index (κ1) is 17.4. The van der Waals surface area contributed by atoms with Gasteiger partial charge < -0.3 is 14.7 Å². The number of benzene rings is 1. The molecule has 1 aromatic rings. The third-order valence-electron chi connectivity index (χ3n) is 6.31. The highest BCUT2D eigenvalue weighted by Gasteiger charge is 2.43. The van der Waals surface area contributed by atoms with Crippen LogP contribution in [0.2, 0.25) is 0 Å². The van der Waals surface area contributed by atoms with Crippen LogP contribution in [-0.4, -0.2) is 73.0 Å². The second-order valence-electron chi connectivity index (χ2n) is 7.91. The molecule has 0 radical (unpaired) electrons. The lowest BCUT2D eigenvalue weighted by Gasteiger charge is -2.43. The molecule has 3 fully saturated rings. The van der Waals surface area contributed by atoms with E-state index < -0.39 is 0 Å². The maximum absolute atomic E-state index is 13.3. The molecule has 1 aliphatic carbocycles. The number of morpholine rings is 1. The number of rotatable bonds is 4. The standard InChI is InChI=1S/C20H29FN2O2/c21-18-3-1-2-15(10-18)4-5-22-13-16-11-19(20(24)12-17(16)14-22)23-6-8-25-9-7-23/h1-3,10,16-17,19-20,24H,4-9,11-14H2/t16-,17+,19-,20-/m1/s1. The minimum Gasteiger partial charge on any atom is -0.391 e. The van der Waals surface area contributed by atoms with Crippen molar-refractivity contribution in [3.05, 3.63) is 35.6 Å². The summed E-state index contributed by atoms with van der Waals surface area (Å²) in [4.78, 5) is 4.94. The van der Waals surface area contributed by atoms with E-state index in [4.69, 9.17) is 4.74 Å². The van der Waals surface area contributed by atoms with Gasteiger partial charge in [-0.05, 0) is 48.8 Å². The predicted molar refractivity (Wildman–Crippen MR) is 94.9 cm³/mol. The van der Waals surface area contributed by atoms with Gasteiger partial charge in [0.2, 0.25) is 0 Å². The molecule has 0 spiro atoms. The first-order valence-corrected chi connectivity index (χ1v) is 9.65. The van der Waals surface area contributed by atoms with Gasteiger partial charge in [-0.2, -0.15) is 0 Å². The maximum Gasteiger partial charge on any atom is 0.123 e. The fourth-order valence-electron chi connectivity index (χ4n) is 4.97. The van der Waals surface area contributed by atoms with E-state index in [2.05, 4.69) is 9.80 Å². The first-order chi connectivity index (χ1) is 12.2. The van der Waals surface area contributed by atoms with E-state index in [1.165, 1.54) is 6.07 Å². The molecule has 0 unspecified atom stereocenters. The van der Waals surface area contributed by atoms with E-state index >= 15 is 0 Å². The average Bonchev–Trinajstić information content (AvgIpc) is 3.02. The minimum absolute atomic E-state index is 0.149. The number of nitrogens with zero attached hydrogens (tertiary/aromatic N) is 2. The Hall–Kier alpha value is -1.01. The lowest BCUT2D eigenvalue weighted by atomic mass is 9.77. The zero-order valence-corrected chi connectivity index (χ0v) is 14.8. The van der Waals surface area contributed by atoms with E-state index in [1.54, 1.807) is 12.1 Å². The summed E-state index contributed by atoms with van der Waals surface area (Å²) in [6.45, 7) is 6.65. The topological polar surface area (TPSA) is 35.9 Å². The third-order valence-corrected chi connectivity index (χ3v) is 6.31. The Kier molecular flexibility index (Phi) is 5.36. The van der Waals surface area contributed by atoms with Gasteiger partial charge in [0.05, 0.1) is 19.3 Å². The zero-order valence-electron chi connectivity index (χ0n) is 14.8. The Labute approximate surface area is 149 Å². The SMILES string of the molecule is O[C@@H]1C[C@H]2CN(CCc3cccc(F)c3)C[C@H]2C[C@H]1N1CCOCC1. The second-order valence-corrected chi connectivity index (χ2v) is 7.91. The van der Waals surface area contributed by atoms with Crippen molar-refractivity contribution >= 4 is 0 Å². The van der Waals surface area contributed by atoms with Gasteiger partial charge in [-0.15, -0.1) is 0 Å². The number of halogens is 1. The fourth-order valence-corrected chi connectivity index (χ4v) is 4.97. The van der Waals surface area contributed by atoms with Crippen LogP contribution >= 0.6 is 0 Å². The predicted octanol–water partition coefficient (Wildman–Crippen LogP) is 1.77. The normalized spacial score (nSPS) is 34.2. The van der Waals surface area contributed by atoms with Gasteiger partial charge in [-0.25, -0.2) is 4.39 Å². The molecule has 4 nitrogen and oxygen atoms in total. The van der Waals surface area contributed by atoms with Crippen LogP contribution < -0.4 is 0 Å². The second kappa shape index (κ2) is 7.70. The molecular weight excluding hydrogens is 319 g/mol. The van der Waals surface area contributed by atoms with Crippen molar-refractivity contribution in [1.82, 2.24) is 9.80 Å². The van der Waals surface area contributed by atoms with E-state index in [-0.39, 0.29) is 11.9 Å². The number of ether oxygens (including phenoxy) is 1. The van der Waals surface area contributed by atoms with Crippen molar-refractivity contribution in [3.8, 4) is 0 Å². The fraction of sp³-hybridized carbons (Fsp3) is 0.700. The van der Waals surface area contributed by atoms with Crippen molar-refractivity contribution in [2.24, 2.45) is 11.8 Å². The molecule has 4 atom stereocenters. The molecule has 0 aromatic heterocycles. The molecule has 1 saturated carbocycles. The van der Waals surface area contributed by atoms with E-state index in [0.29, 0.717) is 17.9 Å². The highest BCUT2D eigenvalue weighted by Crippen LogP contribution is 2.38. The van der Waals surface area contributed by atoms with Crippen molar-refractivity contribution < 1.29 is 14.2 Å². The number of aliphatic hydroxyl groups excluding tert-OH is 1. The largest absolute Gasteiger partial charge is 0.391 e. The zero-order chi connectivity index (χ0) is 17.2. The number of likely N-dealkylation sites (tertiary alicyclic amines) is 1. The van der Waals surface area contributed by atoms with Gasteiger partial charge in [0, 0.05) is 38.8 Å². The van der Waals surface area contributed by atoms with E-state index in [9.17, 15) is 9.50 Å². The number of hydrogen-bond donors (Lipinski definition) is 1. The molecule has 0 bridgehead atoms. The smallest absolute Gasteiger partial charge is 0.123 e. The Morgan fingerprint density at radius 2 is 1.88 bits per heavy atom. The molecule has 2 heterocycles. The number of aliphatic hydroxyl groups is 1. The highest BCUT2D eigenvalue weighted by molar-refractivity contribution is 5.16. The average molecular weight is 348 g/mol. The molecule has 138 valence electrons.